The van der Waals surface area contributed by atoms with Gasteiger partial charge in [-0.05, 0) is 36.6 Å². The summed E-state index contributed by atoms with van der Waals surface area (Å²) in [6.07, 6.45) is 0.903. The average Bonchev–Trinajstić information content (AvgIpc) is 2.41. The van der Waals surface area contributed by atoms with E-state index in [0.717, 1.165) is 16.8 Å². The van der Waals surface area contributed by atoms with Crippen LogP contribution in [0.15, 0.2) is 18.2 Å². The zero-order valence-electron chi connectivity index (χ0n) is 12.9. The molecule has 4 nitrogen and oxygen atoms in total. The summed E-state index contributed by atoms with van der Waals surface area (Å²) in [5, 5.41) is 11.6. The van der Waals surface area contributed by atoms with Crippen LogP contribution in [0, 0.1) is 24.7 Å². The second-order valence-electron chi connectivity index (χ2n) is 5.12. The van der Waals surface area contributed by atoms with Crippen molar-refractivity contribution in [1.29, 1.82) is 0 Å². The number of hydrogen-bond donors (Lipinski definition) is 2. The molecule has 1 atom stereocenters. The first-order valence-corrected chi connectivity index (χ1v) is 7.06. The van der Waals surface area contributed by atoms with Crippen molar-refractivity contribution in [3.63, 3.8) is 0 Å². The molecule has 1 amide bonds. The predicted molar refractivity (Wildman–Crippen MR) is 84.0 cm³/mol. The van der Waals surface area contributed by atoms with Crippen LogP contribution in [0.2, 0.25) is 0 Å². The minimum atomic E-state index is -0.0157. The summed E-state index contributed by atoms with van der Waals surface area (Å²) >= 11 is 0. The van der Waals surface area contributed by atoms with Crippen molar-refractivity contribution in [2.24, 2.45) is 5.92 Å². The molecule has 0 radical (unpaired) electrons. The number of carbonyl (C=O) groups is 1. The lowest BCUT2D eigenvalue weighted by molar-refractivity contribution is -0.117. The van der Waals surface area contributed by atoms with E-state index in [9.17, 15) is 4.79 Å². The molecule has 0 heterocycles. The van der Waals surface area contributed by atoms with Crippen LogP contribution in [0.3, 0.4) is 0 Å². The first kappa shape index (κ1) is 17.2. The van der Waals surface area contributed by atoms with Gasteiger partial charge in [0.25, 0.3) is 0 Å². The Morgan fingerprint density at radius 3 is 2.86 bits per heavy atom. The molecule has 21 heavy (non-hydrogen) atoms. The van der Waals surface area contributed by atoms with Gasteiger partial charge in [0.1, 0.15) is 0 Å². The maximum Gasteiger partial charge on any atom is 0.224 e. The fourth-order valence-electron chi connectivity index (χ4n) is 1.97. The molecule has 0 aromatic heterocycles. The van der Waals surface area contributed by atoms with Crippen molar-refractivity contribution in [3.8, 4) is 11.8 Å². The van der Waals surface area contributed by atoms with Crippen LogP contribution in [-0.2, 0) is 9.53 Å². The van der Waals surface area contributed by atoms with Gasteiger partial charge in [0, 0.05) is 37.8 Å². The third-order valence-corrected chi connectivity index (χ3v) is 2.96. The van der Waals surface area contributed by atoms with Gasteiger partial charge in [0.15, 0.2) is 0 Å². The van der Waals surface area contributed by atoms with E-state index in [0.29, 0.717) is 19.4 Å². The second-order valence-corrected chi connectivity index (χ2v) is 5.12. The summed E-state index contributed by atoms with van der Waals surface area (Å²) in [6.45, 7) is 4.58. The molecule has 1 aromatic rings. The Kier molecular flexibility index (Phi) is 7.52. The van der Waals surface area contributed by atoms with E-state index in [1.54, 1.807) is 7.11 Å². The highest BCUT2D eigenvalue weighted by Crippen LogP contribution is 2.15. The normalized spacial score (nSPS) is 11.4. The Morgan fingerprint density at radius 2 is 2.24 bits per heavy atom. The van der Waals surface area contributed by atoms with Gasteiger partial charge in [-0.2, -0.15) is 0 Å². The van der Waals surface area contributed by atoms with E-state index in [-0.39, 0.29) is 18.4 Å². The Morgan fingerprint density at radius 1 is 1.48 bits per heavy atom. The molecule has 0 aliphatic rings. The van der Waals surface area contributed by atoms with Crippen LogP contribution in [0.25, 0.3) is 0 Å². The monoisotopic (exact) mass is 289 g/mol. The number of aliphatic hydroxyl groups is 1. The van der Waals surface area contributed by atoms with Gasteiger partial charge < -0.3 is 15.2 Å². The predicted octanol–water partition coefficient (Wildman–Crippen LogP) is 2.34. The third-order valence-electron chi connectivity index (χ3n) is 2.96. The fourth-order valence-corrected chi connectivity index (χ4v) is 1.97. The lowest BCUT2D eigenvalue weighted by Crippen LogP contribution is -2.17. The Labute approximate surface area is 126 Å². The molecular weight excluding hydrogens is 266 g/mol. The molecule has 0 fully saturated rings. The van der Waals surface area contributed by atoms with Crippen LogP contribution < -0.4 is 5.32 Å². The van der Waals surface area contributed by atoms with E-state index in [1.807, 2.05) is 32.0 Å². The number of nitrogens with one attached hydrogen (secondary N) is 1. The molecular formula is C17H23NO3. The molecule has 1 unspecified atom stereocenters. The molecule has 1 rings (SSSR count). The molecule has 0 spiro atoms. The van der Waals surface area contributed by atoms with E-state index in [1.165, 1.54) is 0 Å². The minimum absolute atomic E-state index is 0.0157. The Bertz CT molecular complexity index is 529. The Hall–Kier alpha value is -1.83. The number of aliphatic hydroxyl groups excluding tert-OH is 1. The lowest BCUT2D eigenvalue weighted by atomic mass is 10.1. The average molecular weight is 289 g/mol. The van der Waals surface area contributed by atoms with Crippen molar-refractivity contribution in [1.82, 2.24) is 0 Å². The van der Waals surface area contributed by atoms with E-state index in [4.69, 9.17) is 9.84 Å². The molecule has 0 saturated heterocycles. The number of rotatable bonds is 6. The van der Waals surface area contributed by atoms with E-state index >= 15 is 0 Å². The van der Waals surface area contributed by atoms with E-state index < -0.39 is 0 Å². The molecule has 1 aromatic carbocycles. The van der Waals surface area contributed by atoms with Crippen LogP contribution in [0.1, 0.15) is 30.9 Å². The van der Waals surface area contributed by atoms with Crippen molar-refractivity contribution in [2.45, 2.75) is 26.7 Å². The largest absolute Gasteiger partial charge is 0.395 e. The molecule has 0 aliphatic carbocycles. The standard InChI is InChI=1S/C17H23NO3/c1-13(12-21-3)10-17(20)18-16-8-7-15(14(2)11-16)6-4-5-9-19/h7-8,11,13,19H,5,9-10,12H2,1-3H3,(H,18,20). The van der Waals surface area contributed by atoms with Gasteiger partial charge in [-0.15, -0.1) is 0 Å². The van der Waals surface area contributed by atoms with Crippen molar-refractivity contribution >= 4 is 11.6 Å². The van der Waals surface area contributed by atoms with Crippen LogP contribution in [-0.4, -0.2) is 31.3 Å². The number of aryl methyl sites for hydroxylation is 1. The van der Waals surface area contributed by atoms with Gasteiger partial charge >= 0.3 is 0 Å². The number of amides is 1. The summed E-state index contributed by atoms with van der Waals surface area (Å²) in [5.41, 5.74) is 2.69. The minimum Gasteiger partial charge on any atom is -0.395 e. The lowest BCUT2D eigenvalue weighted by Gasteiger charge is -2.11. The number of hydrogen-bond acceptors (Lipinski definition) is 3. The van der Waals surface area contributed by atoms with E-state index in [2.05, 4.69) is 17.2 Å². The zero-order valence-corrected chi connectivity index (χ0v) is 12.9. The molecule has 0 aliphatic heterocycles. The topological polar surface area (TPSA) is 58.6 Å². The highest BCUT2D eigenvalue weighted by atomic mass is 16.5. The van der Waals surface area contributed by atoms with Gasteiger partial charge in [0.2, 0.25) is 5.91 Å². The molecule has 2 N–H and O–H groups in total. The summed E-state index contributed by atoms with van der Waals surface area (Å²) in [4.78, 5) is 11.9. The Balaban J connectivity index is 2.63. The third kappa shape index (κ3) is 6.44. The molecule has 114 valence electrons. The van der Waals surface area contributed by atoms with Crippen molar-refractivity contribution in [3.05, 3.63) is 29.3 Å². The molecule has 4 heteroatoms. The maximum absolute atomic E-state index is 11.9. The van der Waals surface area contributed by atoms with Crippen LogP contribution in [0.5, 0.6) is 0 Å². The van der Waals surface area contributed by atoms with Crippen molar-refractivity contribution in [2.75, 3.05) is 25.6 Å². The zero-order chi connectivity index (χ0) is 15.7. The number of carbonyl (C=O) groups excluding carboxylic acids is 1. The number of benzene rings is 1. The highest BCUT2D eigenvalue weighted by Gasteiger charge is 2.09. The SMILES string of the molecule is COCC(C)CC(=O)Nc1ccc(C#CCCO)c(C)c1. The summed E-state index contributed by atoms with van der Waals surface area (Å²) in [7, 11) is 1.63. The number of methoxy groups -OCH3 is 1. The van der Waals surface area contributed by atoms with Gasteiger partial charge in [-0.25, -0.2) is 0 Å². The maximum atomic E-state index is 11.9. The first-order chi connectivity index (χ1) is 10.1. The smallest absolute Gasteiger partial charge is 0.224 e. The van der Waals surface area contributed by atoms with Crippen LogP contribution in [0.4, 0.5) is 5.69 Å². The summed E-state index contributed by atoms with van der Waals surface area (Å²) < 4.78 is 5.02. The highest BCUT2D eigenvalue weighted by molar-refractivity contribution is 5.91. The molecule has 0 saturated carbocycles. The van der Waals surface area contributed by atoms with Gasteiger partial charge in [-0.3, -0.25) is 4.79 Å². The fraction of sp³-hybridized carbons (Fsp3) is 0.471. The van der Waals surface area contributed by atoms with Crippen molar-refractivity contribution < 1.29 is 14.6 Å². The second kappa shape index (κ2) is 9.17. The summed E-state index contributed by atoms with van der Waals surface area (Å²) in [6, 6.07) is 5.63. The van der Waals surface area contributed by atoms with Gasteiger partial charge in [-0.1, -0.05) is 18.8 Å². The summed E-state index contributed by atoms with van der Waals surface area (Å²) in [5.74, 6) is 6.07. The number of ether oxygens (including phenoxy) is 1. The first-order valence-electron chi connectivity index (χ1n) is 7.06. The molecule has 0 bridgehead atoms. The number of anilines is 1. The van der Waals surface area contributed by atoms with Gasteiger partial charge in [0.05, 0.1) is 6.61 Å². The quantitative estimate of drug-likeness (QED) is 0.790. The van der Waals surface area contributed by atoms with Crippen LogP contribution >= 0.6 is 0 Å².